The van der Waals surface area contributed by atoms with E-state index in [0.29, 0.717) is 17.5 Å². The zero-order chi connectivity index (χ0) is 17.7. The van der Waals surface area contributed by atoms with E-state index < -0.39 is 0 Å². The van der Waals surface area contributed by atoms with Crippen molar-refractivity contribution < 1.29 is 9.64 Å². The van der Waals surface area contributed by atoms with E-state index in [1.165, 1.54) is 10.4 Å². The van der Waals surface area contributed by atoms with Crippen LogP contribution in [-0.4, -0.2) is 33.2 Å². The van der Waals surface area contributed by atoms with Crippen LogP contribution in [0, 0.1) is 0 Å². The van der Waals surface area contributed by atoms with Crippen LogP contribution < -0.4 is 9.64 Å². The number of halogens is 1. The minimum Gasteiger partial charge on any atom is -0.486 e. The molecule has 6 nitrogen and oxygen atoms in total. The SMILES string of the molecule is C[NH+]1CCc2c(sc3ncn4nc(COc5ccc(Cl)cc5)nc4c23)C1. The van der Waals surface area contributed by atoms with Crippen LogP contribution in [0.1, 0.15) is 16.3 Å². The number of aromatic nitrogens is 4. The first kappa shape index (κ1) is 16.0. The Bertz CT molecular complexity index is 1100. The minimum absolute atomic E-state index is 0.310. The number of benzene rings is 1. The summed E-state index contributed by atoms with van der Waals surface area (Å²) >= 11 is 7.69. The van der Waals surface area contributed by atoms with E-state index in [-0.39, 0.29) is 0 Å². The van der Waals surface area contributed by atoms with Crippen LogP contribution in [0.2, 0.25) is 5.02 Å². The van der Waals surface area contributed by atoms with Crippen molar-refractivity contribution in [3.05, 3.63) is 51.9 Å². The molecule has 4 aromatic rings. The third-order valence-electron chi connectivity index (χ3n) is 4.70. The molecular formula is C18H17ClN5OS+. The summed E-state index contributed by atoms with van der Waals surface area (Å²) in [5, 5.41) is 6.37. The summed E-state index contributed by atoms with van der Waals surface area (Å²) in [5.41, 5.74) is 2.27. The molecule has 0 spiro atoms. The van der Waals surface area contributed by atoms with E-state index in [9.17, 15) is 0 Å². The molecule has 0 fully saturated rings. The van der Waals surface area contributed by atoms with Crippen LogP contribution >= 0.6 is 22.9 Å². The van der Waals surface area contributed by atoms with Crippen molar-refractivity contribution in [2.45, 2.75) is 19.6 Å². The Morgan fingerprint density at radius 3 is 3.00 bits per heavy atom. The topological polar surface area (TPSA) is 56.8 Å². The maximum absolute atomic E-state index is 5.90. The van der Waals surface area contributed by atoms with Crippen molar-refractivity contribution in [3.8, 4) is 5.75 Å². The number of hydrogen-bond acceptors (Lipinski definition) is 5. The molecule has 8 heteroatoms. The first-order valence-electron chi connectivity index (χ1n) is 8.51. The third-order valence-corrected chi connectivity index (χ3v) is 6.09. The predicted octanol–water partition coefficient (Wildman–Crippen LogP) is 2.14. The summed E-state index contributed by atoms with van der Waals surface area (Å²) in [7, 11) is 2.24. The lowest BCUT2D eigenvalue weighted by Gasteiger charge is -2.19. The van der Waals surface area contributed by atoms with E-state index >= 15 is 0 Å². The summed E-state index contributed by atoms with van der Waals surface area (Å²) in [6.07, 6.45) is 2.81. The predicted molar refractivity (Wildman–Crippen MR) is 101 cm³/mol. The number of fused-ring (bicyclic) bond motifs is 5. The van der Waals surface area contributed by atoms with Gasteiger partial charge in [-0.2, -0.15) is 0 Å². The minimum atomic E-state index is 0.310. The third kappa shape index (κ3) is 2.72. The average Bonchev–Trinajstić information content (AvgIpc) is 3.20. The van der Waals surface area contributed by atoms with E-state index in [0.717, 1.165) is 41.1 Å². The zero-order valence-electron chi connectivity index (χ0n) is 14.2. The standard InChI is InChI=1S/C18H16ClN5OS/c1-23-7-6-13-14(8-23)26-18-16(13)17-21-15(22-24(17)10-20-18)9-25-12-4-2-11(19)3-5-12/h2-5,10H,6-9H2,1H3/p+1. The maximum atomic E-state index is 5.90. The molecule has 0 saturated carbocycles. The highest BCUT2D eigenvalue weighted by molar-refractivity contribution is 7.19. The molecule has 1 atom stereocenters. The molecule has 0 aliphatic carbocycles. The number of nitrogens with one attached hydrogen (secondary N) is 1. The monoisotopic (exact) mass is 386 g/mol. The Morgan fingerprint density at radius 2 is 2.15 bits per heavy atom. The summed E-state index contributed by atoms with van der Waals surface area (Å²) in [4.78, 5) is 13.3. The second-order valence-corrected chi connectivity index (χ2v) is 8.12. The van der Waals surface area contributed by atoms with Crippen LogP contribution in [0.5, 0.6) is 5.75 Å². The number of likely N-dealkylation sites (N-methyl/N-ethyl adjacent to an activating group) is 1. The fourth-order valence-corrected chi connectivity index (χ4v) is 4.81. The molecule has 3 aromatic heterocycles. The van der Waals surface area contributed by atoms with Crippen molar-refractivity contribution in [3.63, 3.8) is 0 Å². The summed E-state index contributed by atoms with van der Waals surface area (Å²) in [6, 6.07) is 7.29. The first-order chi connectivity index (χ1) is 12.7. The van der Waals surface area contributed by atoms with Crippen LogP contribution in [0.3, 0.4) is 0 Å². The zero-order valence-corrected chi connectivity index (χ0v) is 15.8. The normalized spacial score (nSPS) is 16.9. The second-order valence-electron chi connectivity index (χ2n) is 6.60. The molecule has 0 radical (unpaired) electrons. The smallest absolute Gasteiger partial charge is 0.189 e. The Balaban J connectivity index is 1.50. The quantitative estimate of drug-likeness (QED) is 0.586. The Hall–Kier alpha value is -2.22. The number of ether oxygens (including phenoxy) is 1. The Labute approximate surface area is 159 Å². The fraction of sp³-hybridized carbons (Fsp3) is 0.278. The molecule has 1 aliphatic rings. The first-order valence-corrected chi connectivity index (χ1v) is 9.71. The van der Waals surface area contributed by atoms with Gasteiger partial charge in [0.25, 0.3) is 0 Å². The van der Waals surface area contributed by atoms with Gasteiger partial charge in [0, 0.05) is 11.4 Å². The highest BCUT2D eigenvalue weighted by Gasteiger charge is 2.24. The van der Waals surface area contributed by atoms with Gasteiger partial charge in [-0.05, 0) is 29.8 Å². The largest absolute Gasteiger partial charge is 0.486 e. The number of hydrogen-bond donors (Lipinski definition) is 1. The van der Waals surface area contributed by atoms with Crippen LogP contribution in [-0.2, 0) is 19.6 Å². The summed E-state index contributed by atoms with van der Waals surface area (Å²) in [5.74, 6) is 1.39. The van der Waals surface area contributed by atoms with Gasteiger partial charge in [-0.1, -0.05) is 11.6 Å². The molecular weight excluding hydrogens is 370 g/mol. The van der Waals surface area contributed by atoms with E-state index in [2.05, 4.69) is 17.1 Å². The maximum Gasteiger partial charge on any atom is 0.189 e. The van der Waals surface area contributed by atoms with Gasteiger partial charge in [-0.3, -0.25) is 0 Å². The van der Waals surface area contributed by atoms with Crippen molar-refractivity contribution >= 4 is 38.8 Å². The lowest BCUT2D eigenvalue weighted by atomic mass is 10.1. The molecule has 1 N–H and O–H groups in total. The molecule has 5 rings (SSSR count). The summed E-state index contributed by atoms with van der Waals surface area (Å²) < 4.78 is 7.54. The van der Waals surface area contributed by atoms with Gasteiger partial charge in [-0.25, -0.2) is 14.5 Å². The Morgan fingerprint density at radius 1 is 1.31 bits per heavy atom. The molecule has 4 heterocycles. The van der Waals surface area contributed by atoms with Crippen molar-refractivity contribution in [2.75, 3.05) is 13.6 Å². The van der Waals surface area contributed by atoms with Gasteiger partial charge >= 0.3 is 0 Å². The number of nitrogens with zero attached hydrogens (tertiary/aromatic N) is 4. The highest BCUT2D eigenvalue weighted by Crippen LogP contribution is 2.33. The van der Waals surface area contributed by atoms with Gasteiger partial charge in [0.1, 0.15) is 30.1 Å². The van der Waals surface area contributed by atoms with Gasteiger partial charge in [0.2, 0.25) is 0 Å². The second kappa shape index (κ2) is 6.19. The molecule has 0 saturated heterocycles. The van der Waals surface area contributed by atoms with Gasteiger partial charge in [0.15, 0.2) is 11.5 Å². The van der Waals surface area contributed by atoms with Crippen molar-refractivity contribution in [1.29, 1.82) is 0 Å². The molecule has 1 aromatic carbocycles. The lowest BCUT2D eigenvalue weighted by molar-refractivity contribution is -0.895. The van der Waals surface area contributed by atoms with E-state index in [1.807, 2.05) is 12.1 Å². The number of thiophene rings is 1. The van der Waals surface area contributed by atoms with E-state index in [1.54, 1.807) is 39.2 Å². The molecule has 132 valence electrons. The summed E-state index contributed by atoms with van der Waals surface area (Å²) in [6.45, 7) is 2.51. The molecule has 1 aliphatic heterocycles. The lowest BCUT2D eigenvalue weighted by Crippen LogP contribution is -3.08. The van der Waals surface area contributed by atoms with Crippen LogP contribution in [0.25, 0.3) is 15.9 Å². The van der Waals surface area contributed by atoms with Gasteiger partial charge in [0.05, 0.1) is 23.9 Å². The number of quaternary nitrogens is 1. The van der Waals surface area contributed by atoms with Crippen LogP contribution in [0.4, 0.5) is 0 Å². The molecule has 0 bridgehead atoms. The van der Waals surface area contributed by atoms with Crippen LogP contribution in [0.15, 0.2) is 30.6 Å². The molecule has 26 heavy (non-hydrogen) atoms. The average molecular weight is 387 g/mol. The highest BCUT2D eigenvalue weighted by atomic mass is 35.5. The Kier molecular flexibility index (Phi) is 3.81. The van der Waals surface area contributed by atoms with E-state index in [4.69, 9.17) is 21.3 Å². The number of rotatable bonds is 3. The van der Waals surface area contributed by atoms with Crippen molar-refractivity contribution in [1.82, 2.24) is 19.6 Å². The fourth-order valence-electron chi connectivity index (χ4n) is 3.39. The van der Waals surface area contributed by atoms with Gasteiger partial charge in [-0.15, -0.1) is 16.4 Å². The molecule has 1 unspecified atom stereocenters. The van der Waals surface area contributed by atoms with Gasteiger partial charge < -0.3 is 9.64 Å². The van der Waals surface area contributed by atoms with Crippen molar-refractivity contribution in [2.24, 2.45) is 0 Å². The molecule has 0 amide bonds.